The van der Waals surface area contributed by atoms with Crippen molar-refractivity contribution in [1.29, 1.82) is 0 Å². The highest BCUT2D eigenvalue weighted by molar-refractivity contribution is 7.99. The monoisotopic (exact) mass is 312 g/mol. The molecule has 1 N–H and O–H groups in total. The minimum absolute atomic E-state index is 0.0110. The number of halogens is 1. The van der Waals surface area contributed by atoms with E-state index in [0.29, 0.717) is 28.1 Å². The number of thioether (sulfide) groups is 1. The molecule has 0 aliphatic heterocycles. The van der Waals surface area contributed by atoms with Crippen LogP contribution in [0.3, 0.4) is 0 Å². The summed E-state index contributed by atoms with van der Waals surface area (Å²) in [6.07, 6.45) is 0.107. The molecule has 0 saturated heterocycles. The van der Waals surface area contributed by atoms with Crippen molar-refractivity contribution in [3.8, 4) is 11.4 Å². The zero-order valence-electron chi connectivity index (χ0n) is 10.7. The van der Waals surface area contributed by atoms with E-state index in [1.165, 1.54) is 11.8 Å². The Bertz CT molecular complexity index is 603. The van der Waals surface area contributed by atoms with Gasteiger partial charge in [-0.25, -0.2) is 0 Å². The largest absolute Gasteiger partial charge is 0.481 e. The smallest absolute Gasteiger partial charge is 0.304 e. The molecule has 1 unspecified atom stereocenters. The third kappa shape index (κ3) is 3.98. The van der Waals surface area contributed by atoms with E-state index in [-0.39, 0.29) is 11.7 Å². The van der Waals surface area contributed by atoms with Crippen molar-refractivity contribution in [2.45, 2.75) is 24.3 Å². The van der Waals surface area contributed by atoms with Gasteiger partial charge < -0.3 is 9.63 Å². The Morgan fingerprint density at radius 1 is 1.50 bits per heavy atom. The Morgan fingerprint density at radius 3 is 2.95 bits per heavy atom. The summed E-state index contributed by atoms with van der Waals surface area (Å²) in [5.41, 5.74) is 0.716. The van der Waals surface area contributed by atoms with Crippen molar-refractivity contribution in [3.63, 3.8) is 0 Å². The highest BCUT2D eigenvalue weighted by atomic mass is 35.5. The second-order valence-corrected chi connectivity index (χ2v) is 6.04. The lowest BCUT2D eigenvalue weighted by Gasteiger charge is -2.04. The lowest BCUT2D eigenvalue weighted by atomic mass is 10.2. The number of carbonyl (C=O) groups is 1. The van der Waals surface area contributed by atoms with Gasteiger partial charge in [0.1, 0.15) is 0 Å². The van der Waals surface area contributed by atoms with Gasteiger partial charge in [-0.1, -0.05) is 35.8 Å². The molecule has 0 aliphatic carbocycles. The molecule has 0 aliphatic rings. The Balaban J connectivity index is 1.99. The topological polar surface area (TPSA) is 76.2 Å². The van der Waals surface area contributed by atoms with Crippen LogP contribution in [0.25, 0.3) is 11.4 Å². The maximum atomic E-state index is 10.6. The molecule has 106 valence electrons. The fourth-order valence-corrected chi connectivity index (χ4v) is 2.61. The van der Waals surface area contributed by atoms with Gasteiger partial charge in [-0.05, 0) is 12.1 Å². The van der Waals surface area contributed by atoms with E-state index in [0.717, 1.165) is 0 Å². The molecule has 1 aromatic carbocycles. The highest BCUT2D eigenvalue weighted by Crippen LogP contribution is 2.26. The van der Waals surface area contributed by atoms with E-state index in [4.69, 9.17) is 21.2 Å². The summed E-state index contributed by atoms with van der Waals surface area (Å²) in [5, 5.41) is 13.1. The van der Waals surface area contributed by atoms with Gasteiger partial charge in [0.25, 0.3) is 0 Å². The van der Waals surface area contributed by atoms with Gasteiger partial charge in [0.2, 0.25) is 11.7 Å². The molecule has 0 saturated carbocycles. The molecular formula is C13H13ClN2O3S. The van der Waals surface area contributed by atoms with Crippen LogP contribution >= 0.6 is 23.4 Å². The number of nitrogens with zero attached hydrogens (tertiary/aromatic N) is 2. The van der Waals surface area contributed by atoms with Crippen molar-refractivity contribution >= 4 is 29.3 Å². The molecule has 0 spiro atoms. The fraction of sp³-hybridized carbons (Fsp3) is 0.308. The van der Waals surface area contributed by atoms with Crippen molar-refractivity contribution in [2.75, 3.05) is 0 Å². The first-order valence-electron chi connectivity index (χ1n) is 5.97. The zero-order valence-corrected chi connectivity index (χ0v) is 12.3. The summed E-state index contributed by atoms with van der Waals surface area (Å²) < 4.78 is 5.14. The van der Waals surface area contributed by atoms with Gasteiger partial charge >= 0.3 is 5.97 Å². The van der Waals surface area contributed by atoms with E-state index in [1.54, 1.807) is 6.07 Å². The Labute approximate surface area is 125 Å². The first-order chi connectivity index (χ1) is 9.56. The molecule has 1 heterocycles. The molecule has 1 aromatic heterocycles. The van der Waals surface area contributed by atoms with Crippen LogP contribution in [0.4, 0.5) is 0 Å². The van der Waals surface area contributed by atoms with Gasteiger partial charge in [0.05, 0.1) is 17.2 Å². The number of hydrogen-bond acceptors (Lipinski definition) is 5. The fourth-order valence-electron chi connectivity index (χ4n) is 1.58. The molecule has 2 rings (SSSR count). The van der Waals surface area contributed by atoms with Crippen LogP contribution in [0, 0.1) is 0 Å². The van der Waals surface area contributed by atoms with Crippen LogP contribution in [0.2, 0.25) is 5.02 Å². The Morgan fingerprint density at radius 2 is 2.25 bits per heavy atom. The molecule has 20 heavy (non-hydrogen) atoms. The molecule has 5 nitrogen and oxygen atoms in total. The predicted octanol–water partition coefficient (Wildman–Crippen LogP) is 3.49. The number of benzene rings is 1. The van der Waals surface area contributed by atoms with Gasteiger partial charge in [-0.15, -0.1) is 11.8 Å². The third-order valence-electron chi connectivity index (χ3n) is 2.54. The van der Waals surface area contributed by atoms with Gasteiger partial charge in [-0.3, -0.25) is 4.79 Å². The third-order valence-corrected chi connectivity index (χ3v) is 4.02. The number of hydrogen-bond donors (Lipinski definition) is 1. The number of rotatable bonds is 6. The minimum Gasteiger partial charge on any atom is -0.481 e. The molecule has 0 amide bonds. The van der Waals surface area contributed by atoms with Crippen molar-refractivity contribution in [3.05, 3.63) is 35.2 Å². The van der Waals surface area contributed by atoms with Crippen LogP contribution in [0.5, 0.6) is 0 Å². The summed E-state index contributed by atoms with van der Waals surface area (Å²) >= 11 is 7.52. The Hall–Kier alpha value is -1.53. The number of carboxylic acid groups (broad SMARTS) is 1. The summed E-state index contributed by atoms with van der Waals surface area (Å²) in [6, 6.07) is 7.25. The maximum absolute atomic E-state index is 10.6. The van der Waals surface area contributed by atoms with Gasteiger partial charge in [0, 0.05) is 10.8 Å². The van der Waals surface area contributed by atoms with Gasteiger partial charge in [0.15, 0.2) is 0 Å². The van der Waals surface area contributed by atoms with Crippen LogP contribution in [0.15, 0.2) is 28.8 Å². The van der Waals surface area contributed by atoms with Crippen LogP contribution in [-0.2, 0) is 10.5 Å². The number of carboxylic acids is 1. The van der Waals surface area contributed by atoms with Gasteiger partial charge in [-0.2, -0.15) is 4.98 Å². The van der Waals surface area contributed by atoms with Crippen LogP contribution in [0.1, 0.15) is 19.2 Å². The van der Waals surface area contributed by atoms with E-state index in [1.807, 2.05) is 25.1 Å². The quantitative estimate of drug-likeness (QED) is 0.880. The van der Waals surface area contributed by atoms with Crippen molar-refractivity contribution in [1.82, 2.24) is 10.1 Å². The zero-order chi connectivity index (χ0) is 14.5. The predicted molar refractivity (Wildman–Crippen MR) is 77.8 cm³/mol. The average molecular weight is 313 g/mol. The summed E-state index contributed by atoms with van der Waals surface area (Å²) in [4.78, 5) is 14.8. The number of aromatic nitrogens is 2. The highest BCUT2D eigenvalue weighted by Gasteiger charge is 2.14. The molecule has 0 fully saturated rings. The number of aliphatic carboxylic acids is 1. The summed E-state index contributed by atoms with van der Waals surface area (Å²) in [5.74, 6) is 0.567. The maximum Gasteiger partial charge on any atom is 0.304 e. The van der Waals surface area contributed by atoms with E-state index < -0.39 is 5.97 Å². The molecule has 0 bridgehead atoms. The standard InChI is InChI=1S/C13H13ClN2O3S/c1-8(6-12(17)18)20-7-11-15-13(16-19-11)9-4-2-3-5-10(9)14/h2-5,8H,6-7H2,1H3,(H,17,18). The lowest BCUT2D eigenvalue weighted by Crippen LogP contribution is -2.05. The lowest BCUT2D eigenvalue weighted by molar-refractivity contribution is -0.136. The summed E-state index contributed by atoms with van der Waals surface area (Å²) in [6.45, 7) is 1.85. The van der Waals surface area contributed by atoms with Crippen molar-refractivity contribution in [2.24, 2.45) is 0 Å². The average Bonchev–Trinajstić information content (AvgIpc) is 2.85. The SMILES string of the molecule is CC(CC(=O)O)SCc1nc(-c2ccccc2Cl)no1. The van der Waals surface area contributed by atoms with E-state index >= 15 is 0 Å². The second-order valence-electron chi connectivity index (χ2n) is 4.21. The molecule has 2 aromatic rings. The van der Waals surface area contributed by atoms with Crippen molar-refractivity contribution < 1.29 is 14.4 Å². The molecular weight excluding hydrogens is 300 g/mol. The molecule has 7 heteroatoms. The Kier molecular flexibility index (Phi) is 5.03. The molecule has 1 atom stereocenters. The first kappa shape index (κ1) is 14.9. The second kappa shape index (κ2) is 6.76. The summed E-state index contributed by atoms with van der Waals surface area (Å²) in [7, 11) is 0. The normalized spacial score (nSPS) is 12.3. The first-order valence-corrected chi connectivity index (χ1v) is 7.40. The minimum atomic E-state index is -0.813. The van der Waals surface area contributed by atoms with E-state index in [2.05, 4.69) is 10.1 Å². The van der Waals surface area contributed by atoms with E-state index in [9.17, 15) is 4.79 Å². The molecule has 0 radical (unpaired) electrons. The van der Waals surface area contributed by atoms with Crippen LogP contribution < -0.4 is 0 Å². The van der Waals surface area contributed by atoms with Crippen LogP contribution in [-0.4, -0.2) is 26.5 Å².